The molecule has 0 radical (unpaired) electrons. The van der Waals surface area contributed by atoms with Gasteiger partial charge in [0.15, 0.2) is 6.29 Å². The maximum Gasteiger partial charge on any atom is 0.170 e. The lowest BCUT2D eigenvalue weighted by Gasteiger charge is -2.23. The maximum absolute atomic E-state index is 5.62. The molecular weight excluding hydrogens is 214 g/mol. The summed E-state index contributed by atoms with van der Waals surface area (Å²) in [5, 5.41) is 0. The van der Waals surface area contributed by atoms with E-state index in [0.717, 1.165) is 31.6 Å². The molecular formula is C14H25NO2. The fraction of sp³-hybridized carbons (Fsp3) is 0.857. The summed E-state index contributed by atoms with van der Waals surface area (Å²) in [6.45, 7) is 8.87. The molecule has 98 valence electrons. The standard InChI is InChI=1S/C14H25NO2/c1-3-16-14(17-4-2)11-15-9-12-7-5-6-8-13(12)10-15/h5-6,12-14H,3-4,7-11H2,1-2H3/t12-,13-/m0/s1. The molecule has 0 aromatic carbocycles. The molecule has 1 heterocycles. The van der Waals surface area contributed by atoms with Crippen LogP contribution in [0.3, 0.4) is 0 Å². The predicted octanol–water partition coefficient (Wildman–Crippen LogP) is 2.28. The highest BCUT2D eigenvalue weighted by Crippen LogP contribution is 2.32. The second-order valence-electron chi connectivity index (χ2n) is 5.02. The predicted molar refractivity (Wildman–Crippen MR) is 68.8 cm³/mol. The van der Waals surface area contributed by atoms with Crippen LogP contribution in [0.2, 0.25) is 0 Å². The zero-order valence-corrected chi connectivity index (χ0v) is 11.1. The van der Waals surface area contributed by atoms with Crippen LogP contribution in [-0.4, -0.2) is 44.0 Å². The fourth-order valence-electron chi connectivity index (χ4n) is 3.00. The van der Waals surface area contributed by atoms with Gasteiger partial charge in [-0.1, -0.05) is 12.2 Å². The van der Waals surface area contributed by atoms with Crippen molar-refractivity contribution in [2.45, 2.75) is 33.0 Å². The summed E-state index contributed by atoms with van der Waals surface area (Å²) in [6.07, 6.45) is 7.16. The Morgan fingerprint density at radius 2 is 1.59 bits per heavy atom. The zero-order valence-electron chi connectivity index (χ0n) is 11.1. The summed E-state index contributed by atoms with van der Waals surface area (Å²) >= 11 is 0. The van der Waals surface area contributed by atoms with Crippen molar-refractivity contribution in [3.63, 3.8) is 0 Å². The molecule has 0 N–H and O–H groups in total. The molecule has 1 aliphatic carbocycles. The number of allylic oxidation sites excluding steroid dienone is 2. The third kappa shape index (κ3) is 3.54. The average molecular weight is 239 g/mol. The molecule has 2 atom stereocenters. The van der Waals surface area contributed by atoms with Gasteiger partial charge in [-0.25, -0.2) is 0 Å². The lowest BCUT2D eigenvalue weighted by atomic mass is 9.86. The molecule has 1 aliphatic heterocycles. The molecule has 0 aromatic heterocycles. The van der Waals surface area contributed by atoms with E-state index in [1.807, 2.05) is 13.8 Å². The Labute approximate surface area is 105 Å². The monoisotopic (exact) mass is 239 g/mol. The summed E-state index contributed by atoms with van der Waals surface area (Å²) in [4.78, 5) is 2.51. The van der Waals surface area contributed by atoms with Gasteiger partial charge in [0.05, 0.1) is 0 Å². The van der Waals surface area contributed by atoms with E-state index in [-0.39, 0.29) is 6.29 Å². The molecule has 2 rings (SSSR count). The van der Waals surface area contributed by atoms with E-state index in [1.165, 1.54) is 25.9 Å². The highest BCUT2D eigenvalue weighted by atomic mass is 16.7. The van der Waals surface area contributed by atoms with Crippen LogP contribution >= 0.6 is 0 Å². The number of hydrogen-bond acceptors (Lipinski definition) is 3. The first kappa shape index (κ1) is 13.1. The van der Waals surface area contributed by atoms with Gasteiger partial charge in [0.2, 0.25) is 0 Å². The van der Waals surface area contributed by atoms with Crippen LogP contribution in [0.15, 0.2) is 12.2 Å². The quantitative estimate of drug-likeness (QED) is 0.524. The minimum absolute atomic E-state index is 0.0434. The van der Waals surface area contributed by atoms with Gasteiger partial charge in [-0.3, -0.25) is 4.90 Å². The van der Waals surface area contributed by atoms with Gasteiger partial charge in [-0.15, -0.1) is 0 Å². The molecule has 3 nitrogen and oxygen atoms in total. The van der Waals surface area contributed by atoms with E-state index < -0.39 is 0 Å². The molecule has 0 aromatic rings. The number of nitrogens with zero attached hydrogens (tertiary/aromatic N) is 1. The smallest absolute Gasteiger partial charge is 0.170 e. The van der Waals surface area contributed by atoms with E-state index in [9.17, 15) is 0 Å². The number of rotatable bonds is 6. The minimum Gasteiger partial charge on any atom is -0.352 e. The molecule has 3 heteroatoms. The Bertz CT molecular complexity index is 233. The third-order valence-corrected chi connectivity index (χ3v) is 3.81. The van der Waals surface area contributed by atoms with Gasteiger partial charge in [0.1, 0.15) is 0 Å². The third-order valence-electron chi connectivity index (χ3n) is 3.81. The summed E-state index contributed by atoms with van der Waals surface area (Å²) in [6, 6.07) is 0. The molecule has 0 spiro atoms. The second-order valence-corrected chi connectivity index (χ2v) is 5.02. The largest absolute Gasteiger partial charge is 0.352 e. The molecule has 0 bridgehead atoms. The van der Waals surface area contributed by atoms with E-state index in [2.05, 4.69) is 17.1 Å². The first-order chi connectivity index (χ1) is 8.33. The van der Waals surface area contributed by atoms with Crippen LogP contribution < -0.4 is 0 Å². The SMILES string of the molecule is CCOC(CN1C[C@@H]2CC=CC[C@H]2C1)OCC. The maximum atomic E-state index is 5.62. The summed E-state index contributed by atoms with van der Waals surface area (Å²) in [7, 11) is 0. The van der Waals surface area contributed by atoms with Crippen LogP contribution in [0.25, 0.3) is 0 Å². The highest BCUT2D eigenvalue weighted by Gasteiger charge is 2.33. The number of hydrogen-bond donors (Lipinski definition) is 0. The molecule has 0 amide bonds. The van der Waals surface area contributed by atoms with Crippen molar-refractivity contribution in [1.29, 1.82) is 0 Å². The average Bonchev–Trinajstić information content (AvgIpc) is 2.71. The van der Waals surface area contributed by atoms with Crippen molar-refractivity contribution in [1.82, 2.24) is 4.90 Å². The molecule has 0 saturated carbocycles. The van der Waals surface area contributed by atoms with E-state index >= 15 is 0 Å². The summed E-state index contributed by atoms with van der Waals surface area (Å²) < 4.78 is 11.2. The first-order valence-corrected chi connectivity index (χ1v) is 6.94. The normalized spacial score (nSPS) is 28.9. The lowest BCUT2D eigenvalue weighted by molar-refractivity contribution is -0.145. The topological polar surface area (TPSA) is 21.7 Å². The first-order valence-electron chi connectivity index (χ1n) is 6.94. The Kier molecular flexibility index (Phi) is 5.01. The Balaban J connectivity index is 1.79. The highest BCUT2D eigenvalue weighted by molar-refractivity contribution is 4.99. The number of ether oxygens (including phenoxy) is 2. The van der Waals surface area contributed by atoms with Crippen molar-refractivity contribution in [2.24, 2.45) is 11.8 Å². The van der Waals surface area contributed by atoms with E-state index in [0.29, 0.717) is 0 Å². The summed E-state index contributed by atoms with van der Waals surface area (Å²) in [5.74, 6) is 1.73. The van der Waals surface area contributed by atoms with Crippen LogP contribution in [-0.2, 0) is 9.47 Å². The fourth-order valence-corrected chi connectivity index (χ4v) is 3.00. The summed E-state index contributed by atoms with van der Waals surface area (Å²) in [5.41, 5.74) is 0. The van der Waals surface area contributed by atoms with Crippen molar-refractivity contribution in [2.75, 3.05) is 32.8 Å². The van der Waals surface area contributed by atoms with Crippen molar-refractivity contribution < 1.29 is 9.47 Å². The van der Waals surface area contributed by atoms with Crippen LogP contribution in [0, 0.1) is 11.8 Å². The van der Waals surface area contributed by atoms with E-state index in [4.69, 9.17) is 9.47 Å². The van der Waals surface area contributed by atoms with Gasteiger partial charge < -0.3 is 9.47 Å². The van der Waals surface area contributed by atoms with Crippen molar-refractivity contribution in [3.05, 3.63) is 12.2 Å². The van der Waals surface area contributed by atoms with Crippen molar-refractivity contribution >= 4 is 0 Å². The van der Waals surface area contributed by atoms with Crippen LogP contribution in [0.1, 0.15) is 26.7 Å². The van der Waals surface area contributed by atoms with E-state index in [1.54, 1.807) is 0 Å². The van der Waals surface area contributed by atoms with Crippen LogP contribution in [0.5, 0.6) is 0 Å². The number of fused-ring (bicyclic) bond motifs is 1. The molecule has 0 unspecified atom stereocenters. The van der Waals surface area contributed by atoms with Crippen molar-refractivity contribution in [3.8, 4) is 0 Å². The molecule has 1 fully saturated rings. The Hall–Kier alpha value is -0.380. The van der Waals surface area contributed by atoms with Gasteiger partial charge in [-0.05, 0) is 38.5 Å². The zero-order chi connectivity index (χ0) is 12.1. The molecule has 17 heavy (non-hydrogen) atoms. The number of likely N-dealkylation sites (tertiary alicyclic amines) is 1. The Morgan fingerprint density at radius 1 is 1.06 bits per heavy atom. The molecule has 2 aliphatic rings. The molecule has 1 saturated heterocycles. The Morgan fingerprint density at radius 3 is 2.06 bits per heavy atom. The van der Waals surface area contributed by atoms with Gasteiger partial charge in [0.25, 0.3) is 0 Å². The second kappa shape index (κ2) is 6.53. The van der Waals surface area contributed by atoms with Gasteiger partial charge in [0, 0.05) is 32.8 Å². The van der Waals surface area contributed by atoms with Gasteiger partial charge in [-0.2, -0.15) is 0 Å². The lowest BCUT2D eigenvalue weighted by Crippen LogP contribution is -2.34. The minimum atomic E-state index is -0.0434. The van der Waals surface area contributed by atoms with Gasteiger partial charge >= 0.3 is 0 Å². The van der Waals surface area contributed by atoms with Crippen LogP contribution in [0.4, 0.5) is 0 Å².